The molecular formula is C25H27NO7. The van der Waals surface area contributed by atoms with Gasteiger partial charge in [0.15, 0.2) is 11.5 Å². The Morgan fingerprint density at radius 2 is 1.88 bits per heavy atom. The normalized spacial score (nSPS) is 17.3. The first kappa shape index (κ1) is 23.9. The molecule has 0 aromatic heterocycles. The highest BCUT2D eigenvalue weighted by Gasteiger charge is 2.46. The zero-order valence-electron chi connectivity index (χ0n) is 18.6. The number of methoxy groups -OCH3 is 2. The fourth-order valence-corrected chi connectivity index (χ4v) is 3.72. The molecule has 174 valence electrons. The van der Waals surface area contributed by atoms with Gasteiger partial charge in [0.05, 0.1) is 18.7 Å². The lowest BCUT2D eigenvalue weighted by Gasteiger charge is -2.25. The maximum atomic E-state index is 13.0. The monoisotopic (exact) mass is 453 g/mol. The second kappa shape index (κ2) is 10.7. The van der Waals surface area contributed by atoms with Crippen LogP contribution in [0, 0.1) is 0 Å². The number of carbonyl (C=O) groups excluding carboxylic acids is 2. The lowest BCUT2D eigenvalue weighted by atomic mass is 9.95. The summed E-state index contributed by atoms with van der Waals surface area (Å²) in [5, 5.41) is 21.1. The van der Waals surface area contributed by atoms with Gasteiger partial charge in [-0.05, 0) is 48.4 Å². The van der Waals surface area contributed by atoms with Gasteiger partial charge in [-0.3, -0.25) is 9.59 Å². The van der Waals surface area contributed by atoms with Crippen LogP contribution in [0.1, 0.15) is 23.6 Å². The van der Waals surface area contributed by atoms with Crippen LogP contribution < -0.4 is 9.47 Å². The molecule has 2 aromatic rings. The smallest absolute Gasteiger partial charge is 0.295 e. The zero-order chi connectivity index (χ0) is 24.0. The number of ketones is 1. The highest BCUT2D eigenvalue weighted by molar-refractivity contribution is 6.46. The second-order valence-corrected chi connectivity index (χ2v) is 7.39. The molecule has 0 saturated carbocycles. The number of nitrogens with zero attached hydrogens (tertiary/aromatic N) is 1. The van der Waals surface area contributed by atoms with E-state index in [-0.39, 0.29) is 29.4 Å². The summed E-state index contributed by atoms with van der Waals surface area (Å²) in [7, 11) is 2.96. The summed E-state index contributed by atoms with van der Waals surface area (Å²) in [6.45, 7) is 4.58. The maximum Gasteiger partial charge on any atom is 0.295 e. The summed E-state index contributed by atoms with van der Waals surface area (Å²) >= 11 is 0. The Labute approximate surface area is 192 Å². The van der Waals surface area contributed by atoms with Crippen molar-refractivity contribution in [1.82, 2.24) is 4.90 Å². The predicted molar refractivity (Wildman–Crippen MR) is 122 cm³/mol. The first-order valence-corrected chi connectivity index (χ1v) is 10.4. The third-order valence-electron chi connectivity index (χ3n) is 5.30. The standard InChI is InChI=1S/C25H27NO7/c1-4-13-33-18-9-6-16(7-10-18)23(28)21-22(17-8-11-19(27)20(15-17)32-3)26(12-5-14-31-2)25(30)24(21)29/h4,6-11,15,22,27-28H,1,5,12-14H2,2-3H3/t22-/m1/s1. The largest absolute Gasteiger partial charge is 0.507 e. The SMILES string of the molecule is C=CCOc1ccc(C(O)=C2C(=O)C(=O)N(CCCOC)[C@@H]2c2ccc(O)c(OC)c2)cc1. The molecule has 33 heavy (non-hydrogen) atoms. The summed E-state index contributed by atoms with van der Waals surface area (Å²) in [5.41, 5.74) is 0.852. The van der Waals surface area contributed by atoms with E-state index in [1.807, 2.05) is 0 Å². The minimum atomic E-state index is -0.854. The average molecular weight is 453 g/mol. The van der Waals surface area contributed by atoms with Crippen molar-refractivity contribution in [3.63, 3.8) is 0 Å². The average Bonchev–Trinajstić information content (AvgIpc) is 3.08. The number of rotatable bonds is 10. The van der Waals surface area contributed by atoms with Crippen LogP contribution in [0.4, 0.5) is 0 Å². The fourth-order valence-electron chi connectivity index (χ4n) is 3.72. The zero-order valence-corrected chi connectivity index (χ0v) is 18.6. The van der Waals surface area contributed by atoms with Gasteiger partial charge in [0.2, 0.25) is 0 Å². The van der Waals surface area contributed by atoms with E-state index in [0.717, 1.165) is 0 Å². The van der Waals surface area contributed by atoms with Crippen molar-refractivity contribution >= 4 is 17.4 Å². The minimum Gasteiger partial charge on any atom is -0.507 e. The number of aromatic hydroxyl groups is 1. The number of phenols is 1. The van der Waals surface area contributed by atoms with Crippen LogP contribution in [-0.2, 0) is 14.3 Å². The number of benzene rings is 2. The molecule has 8 nitrogen and oxygen atoms in total. The fraction of sp³-hybridized carbons (Fsp3) is 0.280. The van der Waals surface area contributed by atoms with Crippen molar-refractivity contribution in [3.8, 4) is 17.2 Å². The van der Waals surface area contributed by atoms with Crippen LogP contribution in [0.3, 0.4) is 0 Å². The Morgan fingerprint density at radius 3 is 2.52 bits per heavy atom. The van der Waals surface area contributed by atoms with Crippen molar-refractivity contribution < 1.29 is 34.0 Å². The van der Waals surface area contributed by atoms with E-state index in [9.17, 15) is 19.8 Å². The van der Waals surface area contributed by atoms with Crippen molar-refractivity contribution in [3.05, 3.63) is 71.8 Å². The Morgan fingerprint density at radius 1 is 1.15 bits per heavy atom. The lowest BCUT2D eigenvalue weighted by molar-refractivity contribution is -0.140. The molecule has 1 amide bonds. The van der Waals surface area contributed by atoms with Gasteiger partial charge in [-0.2, -0.15) is 0 Å². The van der Waals surface area contributed by atoms with Gasteiger partial charge >= 0.3 is 0 Å². The highest BCUT2D eigenvalue weighted by Crippen LogP contribution is 2.41. The highest BCUT2D eigenvalue weighted by atomic mass is 16.5. The molecular weight excluding hydrogens is 426 g/mol. The molecule has 1 aliphatic rings. The van der Waals surface area contributed by atoms with Crippen molar-refractivity contribution in [2.24, 2.45) is 0 Å². The Hall–Kier alpha value is -3.78. The molecule has 0 unspecified atom stereocenters. The number of hydrogen-bond donors (Lipinski definition) is 2. The Balaban J connectivity index is 2.08. The summed E-state index contributed by atoms with van der Waals surface area (Å²) in [4.78, 5) is 27.3. The van der Waals surface area contributed by atoms with Gasteiger partial charge in [-0.15, -0.1) is 0 Å². The van der Waals surface area contributed by atoms with Gasteiger partial charge in [-0.1, -0.05) is 18.7 Å². The number of likely N-dealkylation sites (tertiary alicyclic amines) is 1. The van der Waals surface area contributed by atoms with Crippen LogP contribution in [0.25, 0.3) is 5.76 Å². The van der Waals surface area contributed by atoms with Crippen LogP contribution in [0.5, 0.6) is 17.2 Å². The number of aliphatic hydroxyl groups excluding tert-OH is 1. The van der Waals surface area contributed by atoms with Gasteiger partial charge in [-0.25, -0.2) is 0 Å². The van der Waals surface area contributed by atoms with Crippen LogP contribution in [-0.4, -0.2) is 60.8 Å². The van der Waals surface area contributed by atoms with Crippen LogP contribution in [0.2, 0.25) is 0 Å². The molecule has 0 radical (unpaired) electrons. The number of hydrogen-bond acceptors (Lipinski definition) is 7. The molecule has 1 aliphatic heterocycles. The van der Waals surface area contributed by atoms with E-state index in [4.69, 9.17) is 14.2 Å². The number of aliphatic hydroxyl groups is 1. The van der Waals surface area contributed by atoms with Gasteiger partial charge in [0, 0.05) is 25.8 Å². The molecule has 0 aliphatic carbocycles. The summed E-state index contributed by atoms with van der Waals surface area (Å²) in [5.74, 6) is -1.10. The Kier molecular flexibility index (Phi) is 7.74. The molecule has 1 heterocycles. The van der Waals surface area contributed by atoms with E-state index in [2.05, 4.69) is 6.58 Å². The molecule has 2 N–H and O–H groups in total. The van der Waals surface area contributed by atoms with E-state index < -0.39 is 17.7 Å². The first-order valence-electron chi connectivity index (χ1n) is 10.4. The third-order valence-corrected chi connectivity index (χ3v) is 5.30. The lowest BCUT2D eigenvalue weighted by Crippen LogP contribution is -2.31. The molecule has 0 spiro atoms. The molecule has 0 bridgehead atoms. The topological polar surface area (TPSA) is 106 Å². The number of amides is 1. The Bertz CT molecular complexity index is 1060. The van der Waals surface area contributed by atoms with Crippen LogP contribution in [0.15, 0.2) is 60.7 Å². The number of phenolic OH excluding ortho intramolecular Hbond substituents is 1. The maximum absolute atomic E-state index is 13.0. The van der Waals surface area contributed by atoms with Gasteiger partial charge in [0.25, 0.3) is 11.7 Å². The third kappa shape index (κ3) is 5.01. The minimum absolute atomic E-state index is 0.0371. The van der Waals surface area contributed by atoms with E-state index in [0.29, 0.717) is 36.5 Å². The number of carbonyl (C=O) groups is 2. The van der Waals surface area contributed by atoms with Crippen molar-refractivity contribution in [2.45, 2.75) is 12.5 Å². The quantitative estimate of drug-likeness (QED) is 0.187. The predicted octanol–water partition coefficient (Wildman–Crippen LogP) is 3.42. The number of ether oxygens (including phenoxy) is 3. The molecule has 1 saturated heterocycles. The number of Topliss-reactive ketones (excluding diaryl/α,β-unsaturated/α-hetero) is 1. The van der Waals surface area contributed by atoms with Gasteiger partial charge < -0.3 is 29.3 Å². The molecule has 8 heteroatoms. The molecule has 1 fully saturated rings. The van der Waals surface area contributed by atoms with E-state index in [1.54, 1.807) is 49.6 Å². The van der Waals surface area contributed by atoms with Crippen molar-refractivity contribution in [2.75, 3.05) is 34.0 Å². The van der Waals surface area contributed by atoms with Crippen LogP contribution >= 0.6 is 0 Å². The van der Waals surface area contributed by atoms with E-state index >= 15 is 0 Å². The molecule has 1 atom stereocenters. The summed E-state index contributed by atoms with van der Waals surface area (Å²) in [6, 6.07) is 10.3. The summed E-state index contributed by atoms with van der Waals surface area (Å²) < 4.78 is 15.7. The molecule has 2 aromatic carbocycles. The van der Waals surface area contributed by atoms with E-state index in [1.165, 1.54) is 18.1 Å². The van der Waals surface area contributed by atoms with Crippen molar-refractivity contribution in [1.29, 1.82) is 0 Å². The molecule has 3 rings (SSSR count). The van der Waals surface area contributed by atoms with Gasteiger partial charge in [0.1, 0.15) is 18.1 Å². The second-order valence-electron chi connectivity index (χ2n) is 7.39. The summed E-state index contributed by atoms with van der Waals surface area (Å²) in [6.07, 6.45) is 2.12. The first-order chi connectivity index (χ1) is 15.9.